The second-order valence-electron chi connectivity index (χ2n) is 3.01. The largest absolute Gasteiger partial charge is 0.273 e. The van der Waals surface area contributed by atoms with Gasteiger partial charge >= 0.3 is 0 Å². The number of fused-ring (bicyclic) bond motifs is 1. The Morgan fingerprint density at radius 2 is 2.00 bits per heavy atom. The fourth-order valence-electron chi connectivity index (χ4n) is 1.53. The van der Waals surface area contributed by atoms with Crippen LogP contribution in [0.5, 0.6) is 0 Å². The quantitative estimate of drug-likeness (QED) is 0.564. The summed E-state index contributed by atoms with van der Waals surface area (Å²) < 4.78 is 38.5. The van der Waals surface area contributed by atoms with Crippen molar-refractivity contribution in [2.24, 2.45) is 0 Å². The highest BCUT2D eigenvalue weighted by Crippen LogP contribution is 2.41. The minimum absolute atomic E-state index is 0.137. The van der Waals surface area contributed by atoms with Gasteiger partial charge in [-0.25, -0.2) is 13.2 Å². The maximum Gasteiger partial charge on any atom is 0.273 e. The lowest BCUT2D eigenvalue weighted by Crippen LogP contribution is -2.07. The van der Waals surface area contributed by atoms with Crippen LogP contribution in [0, 0.1) is 5.82 Å². The highest BCUT2D eigenvalue weighted by molar-refractivity contribution is 5.35. The van der Waals surface area contributed by atoms with E-state index in [1.807, 2.05) is 0 Å². The maximum absolute atomic E-state index is 13.0. The van der Waals surface area contributed by atoms with Gasteiger partial charge in [-0.05, 0) is 24.1 Å². The fourth-order valence-corrected chi connectivity index (χ4v) is 1.53. The third-order valence-electron chi connectivity index (χ3n) is 2.17. The normalized spacial score (nSPS) is 19.2. The van der Waals surface area contributed by atoms with Gasteiger partial charge in [-0.15, -0.1) is 0 Å². The molecule has 1 aliphatic rings. The van der Waals surface area contributed by atoms with Gasteiger partial charge in [-0.1, -0.05) is 6.07 Å². The lowest BCUT2D eigenvalue weighted by Gasteiger charge is -2.08. The average Bonchev–Trinajstić information content (AvgIpc) is 2.28. The van der Waals surface area contributed by atoms with E-state index in [0.29, 0.717) is 12.0 Å². The van der Waals surface area contributed by atoms with Crippen LogP contribution >= 0.6 is 0 Å². The molecule has 1 aromatic rings. The summed E-state index contributed by atoms with van der Waals surface area (Å²) in [6.45, 7) is 0. The van der Waals surface area contributed by atoms with E-state index in [9.17, 15) is 13.2 Å². The first-order valence-corrected chi connectivity index (χ1v) is 3.76. The van der Waals surface area contributed by atoms with E-state index < -0.39 is 11.7 Å². The monoisotopic (exact) mass is 172 g/mol. The van der Waals surface area contributed by atoms with Gasteiger partial charge in [0.05, 0.1) is 0 Å². The molecule has 0 aliphatic heterocycles. The number of hydrogen-bond acceptors (Lipinski definition) is 0. The van der Waals surface area contributed by atoms with E-state index in [-0.39, 0.29) is 12.0 Å². The molecule has 0 aromatic heterocycles. The predicted octanol–water partition coefficient (Wildman–Crippen LogP) is 2.86. The van der Waals surface area contributed by atoms with E-state index >= 15 is 0 Å². The Labute approximate surface area is 68.0 Å². The van der Waals surface area contributed by atoms with Crippen molar-refractivity contribution in [1.29, 1.82) is 0 Å². The molecule has 0 N–H and O–H groups in total. The molecule has 0 saturated heterocycles. The minimum atomic E-state index is -2.82. The molecule has 0 fully saturated rings. The third kappa shape index (κ3) is 1.00. The van der Waals surface area contributed by atoms with E-state index in [1.54, 1.807) is 0 Å². The van der Waals surface area contributed by atoms with Gasteiger partial charge in [0.15, 0.2) is 0 Å². The molecule has 0 saturated carbocycles. The number of rotatable bonds is 0. The van der Waals surface area contributed by atoms with Gasteiger partial charge < -0.3 is 0 Å². The summed E-state index contributed by atoms with van der Waals surface area (Å²) in [5, 5.41) is 0. The van der Waals surface area contributed by atoms with Crippen molar-refractivity contribution in [3.63, 3.8) is 0 Å². The second-order valence-corrected chi connectivity index (χ2v) is 3.01. The van der Waals surface area contributed by atoms with Gasteiger partial charge in [-0.2, -0.15) is 0 Å². The molecule has 0 unspecified atom stereocenters. The molecule has 0 spiro atoms. The van der Waals surface area contributed by atoms with Crippen LogP contribution in [0.3, 0.4) is 0 Å². The Hall–Kier alpha value is -0.990. The Morgan fingerprint density at radius 3 is 2.75 bits per heavy atom. The van der Waals surface area contributed by atoms with Crippen LogP contribution in [-0.4, -0.2) is 0 Å². The zero-order valence-electron chi connectivity index (χ0n) is 6.28. The molecule has 0 nitrogen and oxygen atoms in total. The Bertz CT molecular complexity index is 318. The van der Waals surface area contributed by atoms with Crippen molar-refractivity contribution in [2.45, 2.75) is 18.8 Å². The van der Waals surface area contributed by atoms with Gasteiger partial charge in [-0.3, -0.25) is 0 Å². The second kappa shape index (κ2) is 2.25. The molecular formula is C9H7F3. The van der Waals surface area contributed by atoms with Crippen LogP contribution in [0.4, 0.5) is 13.2 Å². The molecule has 12 heavy (non-hydrogen) atoms. The smallest absolute Gasteiger partial charge is 0.207 e. The SMILES string of the molecule is Fc1ccc2c(c1)C(F)(F)CC2. The number of aryl methyl sites for hydroxylation is 1. The Balaban J connectivity index is 2.57. The summed E-state index contributed by atoms with van der Waals surface area (Å²) in [6, 6.07) is 3.59. The number of hydrogen-bond donors (Lipinski definition) is 0. The van der Waals surface area contributed by atoms with Crippen molar-refractivity contribution in [1.82, 2.24) is 0 Å². The van der Waals surface area contributed by atoms with Gasteiger partial charge in [0.1, 0.15) is 5.82 Å². The molecule has 2 rings (SSSR count). The molecule has 0 bridgehead atoms. The number of benzene rings is 1. The first-order chi connectivity index (χ1) is 5.59. The van der Waals surface area contributed by atoms with Crippen molar-refractivity contribution < 1.29 is 13.2 Å². The Morgan fingerprint density at radius 1 is 1.25 bits per heavy atom. The van der Waals surface area contributed by atoms with Crippen LogP contribution in [-0.2, 0) is 12.3 Å². The van der Waals surface area contributed by atoms with Crippen molar-refractivity contribution >= 4 is 0 Å². The molecule has 3 heteroatoms. The molecule has 0 heterocycles. The van der Waals surface area contributed by atoms with Crippen molar-refractivity contribution in [2.75, 3.05) is 0 Å². The zero-order valence-corrected chi connectivity index (χ0v) is 6.28. The highest BCUT2D eigenvalue weighted by atomic mass is 19.3. The van der Waals surface area contributed by atoms with E-state index in [2.05, 4.69) is 0 Å². The van der Waals surface area contributed by atoms with Gasteiger partial charge in [0.2, 0.25) is 0 Å². The van der Waals surface area contributed by atoms with Crippen LogP contribution in [0.2, 0.25) is 0 Å². The standard InChI is InChI=1S/C9H7F3/c10-7-2-1-6-3-4-9(11,12)8(6)5-7/h1-2,5H,3-4H2. The number of alkyl halides is 2. The van der Waals surface area contributed by atoms with Crippen LogP contribution in [0.25, 0.3) is 0 Å². The third-order valence-corrected chi connectivity index (χ3v) is 2.17. The summed E-state index contributed by atoms with van der Waals surface area (Å²) in [5.74, 6) is -3.41. The zero-order chi connectivity index (χ0) is 8.77. The Kier molecular flexibility index (Phi) is 1.43. The number of halogens is 3. The van der Waals surface area contributed by atoms with E-state index in [0.717, 1.165) is 6.07 Å². The molecule has 1 aliphatic carbocycles. The summed E-state index contributed by atoms with van der Waals surface area (Å²) >= 11 is 0. The minimum Gasteiger partial charge on any atom is -0.207 e. The summed E-state index contributed by atoms with van der Waals surface area (Å²) in [7, 11) is 0. The maximum atomic E-state index is 13.0. The average molecular weight is 172 g/mol. The molecule has 0 atom stereocenters. The van der Waals surface area contributed by atoms with Gasteiger partial charge in [0.25, 0.3) is 5.92 Å². The lowest BCUT2D eigenvalue weighted by atomic mass is 10.1. The van der Waals surface area contributed by atoms with E-state index in [4.69, 9.17) is 0 Å². The first-order valence-electron chi connectivity index (χ1n) is 3.76. The fraction of sp³-hybridized carbons (Fsp3) is 0.333. The van der Waals surface area contributed by atoms with Crippen LogP contribution < -0.4 is 0 Å². The lowest BCUT2D eigenvalue weighted by molar-refractivity contribution is -0.00208. The first kappa shape index (κ1) is 7.65. The van der Waals surface area contributed by atoms with Crippen LogP contribution in [0.1, 0.15) is 17.5 Å². The van der Waals surface area contributed by atoms with Crippen molar-refractivity contribution in [3.8, 4) is 0 Å². The molecular weight excluding hydrogens is 165 g/mol. The topological polar surface area (TPSA) is 0 Å². The highest BCUT2D eigenvalue weighted by Gasteiger charge is 2.38. The van der Waals surface area contributed by atoms with Gasteiger partial charge in [0, 0.05) is 12.0 Å². The van der Waals surface area contributed by atoms with Crippen molar-refractivity contribution in [3.05, 3.63) is 35.1 Å². The summed E-state index contributed by atoms with van der Waals surface area (Å²) in [6.07, 6.45) is 0.161. The molecule has 0 amide bonds. The van der Waals surface area contributed by atoms with E-state index in [1.165, 1.54) is 12.1 Å². The molecule has 1 aromatic carbocycles. The molecule has 0 radical (unpaired) electrons. The molecule has 64 valence electrons. The van der Waals surface area contributed by atoms with Crippen LogP contribution in [0.15, 0.2) is 18.2 Å². The summed E-state index contributed by atoms with van der Waals surface area (Å²) in [4.78, 5) is 0. The predicted molar refractivity (Wildman–Crippen MR) is 38.6 cm³/mol. The summed E-state index contributed by atoms with van der Waals surface area (Å²) in [5.41, 5.74) is 0.434.